The second-order valence-corrected chi connectivity index (χ2v) is 5.56. The van der Waals surface area contributed by atoms with Crippen LogP contribution in [-0.2, 0) is 17.6 Å². The fourth-order valence-corrected chi connectivity index (χ4v) is 3.01. The molecule has 4 heteroatoms. The maximum absolute atomic E-state index is 11.9. The molecule has 1 aliphatic carbocycles. The van der Waals surface area contributed by atoms with Crippen molar-refractivity contribution in [1.29, 1.82) is 0 Å². The molecule has 102 valence electrons. The quantitative estimate of drug-likeness (QED) is 0.858. The van der Waals surface area contributed by atoms with Crippen molar-refractivity contribution in [1.82, 2.24) is 4.90 Å². The van der Waals surface area contributed by atoms with E-state index in [1.54, 1.807) is 0 Å². The first-order valence-electron chi connectivity index (χ1n) is 7.03. The van der Waals surface area contributed by atoms with Crippen molar-refractivity contribution >= 4 is 11.6 Å². The molecule has 4 nitrogen and oxygen atoms in total. The van der Waals surface area contributed by atoms with Crippen LogP contribution in [0, 0.1) is 0 Å². The van der Waals surface area contributed by atoms with Crippen LogP contribution in [0.3, 0.4) is 0 Å². The van der Waals surface area contributed by atoms with Gasteiger partial charge in [-0.1, -0.05) is 6.07 Å². The fraction of sp³-hybridized carbons (Fsp3) is 0.533. The normalized spacial score (nSPS) is 22.5. The number of nitrogens with one attached hydrogen (secondary N) is 1. The van der Waals surface area contributed by atoms with Crippen LogP contribution in [0.5, 0.6) is 0 Å². The van der Waals surface area contributed by atoms with Gasteiger partial charge in [0.05, 0.1) is 12.6 Å². The van der Waals surface area contributed by atoms with E-state index in [1.165, 1.54) is 17.5 Å². The minimum Gasteiger partial charge on any atom is -0.392 e. The maximum Gasteiger partial charge on any atom is 0.238 e. The van der Waals surface area contributed by atoms with Crippen molar-refractivity contribution < 1.29 is 9.90 Å². The molecule has 19 heavy (non-hydrogen) atoms. The van der Waals surface area contributed by atoms with Crippen molar-refractivity contribution in [3.05, 3.63) is 29.3 Å². The Kier molecular flexibility index (Phi) is 3.53. The van der Waals surface area contributed by atoms with Crippen molar-refractivity contribution in [2.24, 2.45) is 0 Å². The van der Waals surface area contributed by atoms with Crippen molar-refractivity contribution in [2.75, 3.05) is 25.0 Å². The number of amides is 1. The number of hydrogen-bond acceptors (Lipinski definition) is 3. The van der Waals surface area contributed by atoms with E-state index in [2.05, 4.69) is 17.4 Å². The highest BCUT2D eigenvalue weighted by molar-refractivity contribution is 5.92. The van der Waals surface area contributed by atoms with Crippen LogP contribution in [0.15, 0.2) is 18.2 Å². The van der Waals surface area contributed by atoms with Gasteiger partial charge in [0.15, 0.2) is 0 Å². The predicted octanol–water partition coefficient (Wildman–Crippen LogP) is 1.18. The summed E-state index contributed by atoms with van der Waals surface area (Å²) in [6, 6.07) is 6.21. The number of carbonyl (C=O) groups is 1. The molecule has 1 aliphatic heterocycles. The summed E-state index contributed by atoms with van der Waals surface area (Å²) in [5.41, 5.74) is 3.68. The second-order valence-electron chi connectivity index (χ2n) is 5.56. The topological polar surface area (TPSA) is 52.6 Å². The summed E-state index contributed by atoms with van der Waals surface area (Å²) in [5, 5.41) is 12.4. The Labute approximate surface area is 113 Å². The lowest BCUT2D eigenvalue weighted by atomic mass is 10.1. The third kappa shape index (κ3) is 2.96. The largest absolute Gasteiger partial charge is 0.392 e. The lowest BCUT2D eigenvalue weighted by Gasteiger charge is -2.14. The molecule has 0 unspecified atom stereocenters. The van der Waals surface area contributed by atoms with E-state index in [1.807, 2.05) is 11.0 Å². The average molecular weight is 260 g/mol. The van der Waals surface area contributed by atoms with E-state index >= 15 is 0 Å². The van der Waals surface area contributed by atoms with Crippen LogP contribution in [0.1, 0.15) is 24.0 Å². The maximum atomic E-state index is 11.9. The van der Waals surface area contributed by atoms with Crippen molar-refractivity contribution in [3.8, 4) is 0 Å². The van der Waals surface area contributed by atoms with Gasteiger partial charge in [-0.3, -0.25) is 9.69 Å². The number of likely N-dealkylation sites (tertiary alicyclic amines) is 1. The number of rotatable bonds is 3. The number of fused-ring (bicyclic) bond motifs is 1. The van der Waals surface area contributed by atoms with E-state index in [4.69, 9.17) is 0 Å². The molecular weight excluding hydrogens is 240 g/mol. The number of nitrogens with zero attached hydrogens (tertiary/aromatic N) is 1. The Hall–Kier alpha value is -1.39. The summed E-state index contributed by atoms with van der Waals surface area (Å²) in [7, 11) is 0. The lowest BCUT2D eigenvalue weighted by Crippen LogP contribution is -2.32. The van der Waals surface area contributed by atoms with Gasteiger partial charge in [-0.05, 0) is 48.9 Å². The number of aliphatic hydroxyl groups excluding tert-OH is 1. The number of aliphatic hydroxyl groups is 1. The Morgan fingerprint density at radius 2 is 2.21 bits per heavy atom. The summed E-state index contributed by atoms with van der Waals surface area (Å²) in [6.45, 7) is 1.78. The number of β-amino-alcohol motifs (C(OH)–C–C–N with tert-alkyl or cyclic N) is 1. The third-order valence-corrected chi connectivity index (χ3v) is 4.00. The highest BCUT2D eigenvalue weighted by atomic mass is 16.3. The summed E-state index contributed by atoms with van der Waals surface area (Å²) in [4.78, 5) is 13.9. The van der Waals surface area contributed by atoms with Crippen LogP contribution in [0.2, 0.25) is 0 Å². The van der Waals surface area contributed by atoms with Gasteiger partial charge in [0.25, 0.3) is 0 Å². The molecule has 0 saturated carbocycles. The second kappa shape index (κ2) is 5.31. The molecule has 2 aliphatic rings. The zero-order chi connectivity index (χ0) is 13.2. The number of benzene rings is 1. The molecule has 1 aromatic rings. The molecule has 0 bridgehead atoms. The van der Waals surface area contributed by atoms with E-state index in [-0.39, 0.29) is 12.0 Å². The predicted molar refractivity (Wildman–Crippen MR) is 74.2 cm³/mol. The third-order valence-electron chi connectivity index (χ3n) is 4.00. The van der Waals surface area contributed by atoms with Gasteiger partial charge in [-0.2, -0.15) is 0 Å². The lowest BCUT2D eigenvalue weighted by molar-refractivity contribution is -0.117. The highest BCUT2D eigenvalue weighted by Crippen LogP contribution is 2.24. The summed E-state index contributed by atoms with van der Waals surface area (Å²) in [6.07, 6.45) is 4.00. The Morgan fingerprint density at radius 1 is 1.37 bits per heavy atom. The van der Waals surface area contributed by atoms with Gasteiger partial charge >= 0.3 is 0 Å². The Morgan fingerprint density at radius 3 is 3.00 bits per heavy atom. The van der Waals surface area contributed by atoms with Gasteiger partial charge < -0.3 is 10.4 Å². The van der Waals surface area contributed by atoms with Crippen LogP contribution >= 0.6 is 0 Å². The standard InChI is InChI=1S/C15H20N2O2/c18-14-6-7-17(9-14)10-15(19)16-13-5-4-11-2-1-3-12(11)8-13/h4-5,8,14,18H,1-3,6-7,9-10H2,(H,16,19)/t14-/m0/s1. The first kappa shape index (κ1) is 12.6. The van der Waals surface area contributed by atoms with Crippen LogP contribution in [0.25, 0.3) is 0 Å². The smallest absolute Gasteiger partial charge is 0.238 e. The monoisotopic (exact) mass is 260 g/mol. The molecule has 1 fully saturated rings. The molecule has 3 rings (SSSR count). The summed E-state index contributed by atoms with van der Waals surface area (Å²) >= 11 is 0. The molecule has 0 spiro atoms. The van der Waals surface area contributed by atoms with Gasteiger partial charge in [-0.25, -0.2) is 0 Å². The summed E-state index contributed by atoms with van der Waals surface area (Å²) < 4.78 is 0. The Bertz CT molecular complexity index is 487. The van der Waals surface area contributed by atoms with Gasteiger partial charge in [0, 0.05) is 18.8 Å². The zero-order valence-electron chi connectivity index (χ0n) is 11.1. The minimum absolute atomic E-state index is 0.00652. The average Bonchev–Trinajstić information content (AvgIpc) is 2.97. The Balaban J connectivity index is 1.57. The minimum atomic E-state index is -0.271. The fourth-order valence-electron chi connectivity index (χ4n) is 3.01. The van der Waals surface area contributed by atoms with Gasteiger partial charge in [-0.15, -0.1) is 0 Å². The van der Waals surface area contributed by atoms with E-state index in [0.717, 1.165) is 31.5 Å². The number of aryl methyl sites for hydroxylation is 2. The van der Waals surface area contributed by atoms with E-state index < -0.39 is 0 Å². The van der Waals surface area contributed by atoms with Gasteiger partial charge in [0.1, 0.15) is 0 Å². The molecule has 0 radical (unpaired) electrons. The molecule has 1 atom stereocenters. The first-order valence-corrected chi connectivity index (χ1v) is 7.03. The van der Waals surface area contributed by atoms with E-state index in [0.29, 0.717) is 13.1 Å². The number of hydrogen-bond donors (Lipinski definition) is 2. The van der Waals surface area contributed by atoms with Crippen LogP contribution < -0.4 is 5.32 Å². The van der Waals surface area contributed by atoms with Crippen LogP contribution in [-0.4, -0.2) is 41.7 Å². The number of anilines is 1. The number of carbonyl (C=O) groups excluding carboxylic acids is 1. The van der Waals surface area contributed by atoms with E-state index in [9.17, 15) is 9.90 Å². The molecular formula is C15H20N2O2. The van der Waals surface area contributed by atoms with Gasteiger partial charge in [0.2, 0.25) is 5.91 Å². The van der Waals surface area contributed by atoms with Crippen molar-refractivity contribution in [2.45, 2.75) is 31.8 Å². The summed E-state index contributed by atoms with van der Waals surface area (Å²) in [5.74, 6) is 0.00652. The highest BCUT2D eigenvalue weighted by Gasteiger charge is 2.22. The molecule has 1 amide bonds. The zero-order valence-corrected chi connectivity index (χ0v) is 11.1. The SMILES string of the molecule is O=C(CN1CC[C@H](O)C1)Nc1ccc2c(c1)CCC2. The first-order chi connectivity index (χ1) is 9.20. The molecule has 1 aromatic carbocycles. The molecule has 0 aromatic heterocycles. The van der Waals surface area contributed by atoms with Crippen molar-refractivity contribution in [3.63, 3.8) is 0 Å². The van der Waals surface area contributed by atoms with Crippen LogP contribution in [0.4, 0.5) is 5.69 Å². The molecule has 1 heterocycles. The molecule has 1 saturated heterocycles. The molecule has 2 N–H and O–H groups in total.